The zero-order valence-corrected chi connectivity index (χ0v) is 13.4. The number of pyridine rings is 1. The fraction of sp³-hybridized carbons (Fsp3) is 0.500. The molecule has 1 aromatic carbocycles. The Bertz CT molecular complexity index is 568. The van der Waals surface area contributed by atoms with E-state index in [1.165, 1.54) is 12.8 Å². The van der Waals surface area contributed by atoms with Gasteiger partial charge in [0.2, 0.25) is 0 Å². The van der Waals surface area contributed by atoms with Crippen LogP contribution in [0.25, 0.3) is 10.9 Å². The fourth-order valence-electron chi connectivity index (χ4n) is 2.52. The predicted octanol–water partition coefficient (Wildman–Crippen LogP) is 4.09. The molecule has 1 unspecified atom stereocenters. The zero-order valence-electron chi connectivity index (χ0n) is 13.4. The van der Waals surface area contributed by atoms with Gasteiger partial charge in [0.1, 0.15) is 11.3 Å². The summed E-state index contributed by atoms with van der Waals surface area (Å²) in [4.78, 5) is 4.59. The number of ether oxygens (including phenoxy) is 1. The van der Waals surface area contributed by atoms with E-state index in [0.29, 0.717) is 6.04 Å². The summed E-state index contributed by atoms with van der Waals surface area (Å²) in [5, 5.41) is 4.57. The second kappa shape index (κ2) is 7.99. The standard InChI is InChI=1S/C18H26N2O/c1-4-19-14(2)8-5-6-13-21-17-10-7-9-16-12-11-15(3)20-18(16)17/h7,9-12,14,19H,4-6,8,13H2,1-3H3. The maximum atomic E-state index is 5.93. The number of benzene rings is 1. The smallest absolute Gasteiger partial charge is 0.145 e. The molecule has 0 aliphatic heterocycles. The van der Waals surface area contributed by atoms with Gasteiger partial charge in [-0.1, -0.05) is 25.1 Å². The molecule has 0 saturated heterocycles. The molecule has 3 nitrogen and oxygen atoms in total. The number of aryl methyl sites for hydroxylation is 1. The van der Waals surface area contributed by atoms with Crippen LogP contribution >= 0.6 is 0 Å². The largest absolute Gasteiger partial charge is 0.491 e. The van der Waals surface area contributed by atoms with Gasteiger partial charge in [0, 0.05) is 17.1 Å². The summed E-state index contributed by atoms with van der Waals surface area (Å²) in [6.45, 7) is 8.20. The summed E-state index contributed by atoms with van der Waals surface area (Å²) in [6, 6.07) is 10.8. The molecule has 1 N–H and O–H groups in total. The molecule has 0 radical (unpaired) electrons. The van der Waals surface area contributed by atoms with E-state index in [4.69, 9.17) is 4.74 Å². The van der Waals surface area contributed by atoms with Gasteiger partial charge in [-0.2, -0.15) is 0 Å². The van der Waals surface area contributed by atoms with Crippen LogP contribution in [-0.4, -0.2) is 24.2 Å². The van der Waals surface area contributed by atoms with Crippen molar-refractivity contribution in [2.45, 2.75) is 46.1 Å². The van der Waals surface area contributed by atoms with Crippen molar-refractivity contribution in [1.29, 1.82) is 0 Å². The molecule has 0 bridgehead atoms. The number of nitrogens with zero attached hydrogens (tertiary/aromatic N) is 1. The molecule has 2 aromatic rings. The Labute approximate surface area is 127 Å². The third kappa shape index (κ3) is 4.71. The Kier molecular flexibility index (Phi) is 6.00. The number of hydrogen-bond acceptors (Lipinski definition) is 3. The summed E-state index contributed by atoms with van der Waals surface area (Å²) >= 11 is 0. The number of para-hydroxylation sites is 1. The van der Waals surface area contributed by atoms with E-state index in [0.717, 1.165) is 41.9 Å². The van der Waals surface area contributed by atoms with Gasteiger partial charge in [-0.05, 0) is 51.8 Å². The maximum Gasteiger partial charge on any atom is 0.145 e. The summed E-state index contributed by atoms with van der Waals surface area (Å²) < 4.78 is 5.93. The number of fused-ring (bicyclic) bond motifs is 1. The molecule has 2 rings (SSSR count). The van der Waals surface area contributed by atoms with Crippen LogP contribution in [0, 0.1) is 6.92 Å². The highest BCUT2D eigenvalue weighted by Gasteiger charge is 2.04. The van der Waals surface area contributed by atoms with Crippen LogP contribution in [0.3, 0.4) is 0 Å². The highest BCUT2D eigenvalue weighted by Crippen LogP contribution is 2.24. The highest BCUT2D eigenvalue weighted by molar-refractivity contribution is 5.84. The first-order valence-corrected chi connectivity index (χ1v) is 7.93. The Balaban J connectivity index is 1.85. The molecular weight excluding hydrogens is 260 g/mol. The molecule has 0 aliphatic carbocycles. The SMILES string of the molecule is CCNC(C)CCCCOc1cccc2ccc(C)nc12. The molecule has 3 heteroatoms. The van der Waals surface area contributed by atoms with Gasteiger partial charge < -0.3 is 10.1 Å². The van der Waals surface area contributed by atoms with Crippen molar-refractivity contribution in [2.24, 2.45) is 0 Å². The summed E-state index contributed by atoms with van der Waals surface area (Å²) in [5.41, 5.74) is 2.00. The van der Waals surface area contributed by atoms with Crippen molar-refractivity contribution in [3.63, 3.8) is 0 Å². The number of unbranched alkanes of at least 4 members (excludes halogenated alkanes) is 1. The molecule has 0 saturated carbocycles. The lowest BCUT2D eigenvalue weighted by atomic mass is 10.1. The van der Waals surface area contributed by atoms with Crippen molar-refractivity contribution in [2.75, 3.05) is 13.2 Å². The Hall–Kier alpha value is -1.61. The second-order valence-corrected chi connectivity index (χ2v) is 5.58. The van der Waals surface area contributed by atoms with Crippen LogP contribution in [0.1, 0.15) is 38.8 Å². The monoisotopic (exact) mass is 286 g/mol. The van der Waals surface area contributed by atoms with Crippen LogP contribution in [0.4, 0.5) is 0 Å². The van der Waals surface area contributed by atoms with E-state index in [1.807, 2.05) is 25.1 Å². The Morgan fingerprint density at radius 1 is 1.19 bits per heavy atom. The fourth-order valence-corrected chi connectivity index (χ4v) is 2.52. The van der Waals surface area contributed by atoms with Crippen molar-refractivity contribution in [3.05, 3.63) is 36.0 Å². The lowest BCUT2D eigenvalue weighted by molar-refractivity contribution is 0.304. The Morgan fingerprint density at radius 3 is 2.86 bits per heavy atom. The van der Waals surface area contributed by atoms with Gasteiger partial charge in [0.05, 0.1) is 6.61 Å². The molecule has 114 valence electrons. The third-order valence-corrected chi connectivity index (χ3v) is 3.66. The molecule has 21 heavy (non-hydrogen) atoms. The van der Waals surface area contributed by atoms with E-state index in [9.17, 15) is 0 Å². The van der Waals surface area contributed by atoms with E-state index in [-0.39, 0.29) is 0 Å². The first-order valence-electron chi connectivity index (χ1n) is 7.93. The first kappa shape index (κ1) is 15.8. The maximum absolute atomic E-state index is 5.93. The van der Waals surface area contributed by atoms with E-state index >= 15 is 0 Å². The number of nitrogens with one attached hydrogen (secondary N) is 1. The summed E-state index contributed by atoms with van der Waals surface area (Å²) in [5.74, 6) is 0.899. The highest BCUT2D eigenvalue weighted by atomic mass is 16.5. The van der Waals surface area contributed by atoms with Gasteiger partial charge in [-0.25, -0.2) is 4.98 Å². The first-order chi connectivity index (χ1) is 10.2. The number of aromatic nitrogens is 1. The molecule has 0 fully saturated rings. The topological polar surface area (TPSA) is 34.1 Å². The molecular formula is C18H26N2O. The van der Waals surface area contributed by atoms with Crippen LogP contribution in [0.5, 0.6) is 5.75 Å². The van der Waals surface area contributed by atoms with Crippen LogP contribution in [0.15, 0.2) is 30.3 Å². The van der Waals surface area contributed by atoms with Gasteiger partial charge in [-0.3, -0.25) is 0 Å². The molecule has 0 aliphatic rings. The normalized spacial score (nSPS) is 12.5. The van der Waals surface area contributed by atoms with Crippen molar-refractivity contribution < 1.29 is 4.74 Å². The lowest BCUT2D eigenvalue weighted by Gasteiger charge is -2.12. The van der Waals surface area contributed by atoms with E-state index < -0.39 is 0 Å². The molecule has 1 heterocycles. The average molecular weight is 286 g/mol. The summed E-state index contributed by atoms with van der Waals surface area (Å²) in [6.07, 6.45) is 3.47. The van der Waals surface area contributed by atoms with Gasteiger partial charge in [-0.15, -0.1) is 0 Å². The number of rotatable bonds is 8. The second-order valence-electron chi connectivity index (χ2n) is 5.58. The zero-order chi connectivity index (χ0) is 15.1. The molecule has 0 spiro atoms. The van der Waals surface area contributed by atoms with E-state index in [1.54, 1.807) is 0 Å². The van der Waals surface area contributed by atoms with E-state index in [2.05, 4.69) is 36.3 Å². The summed E-state index contributed by atoms with van der Waals surface area (Å²) in [7, 11) is 0. The molecule has 1 atom stereocenters. The average Bonchev–Trinajstić information content (AvgIpc) is 2.47. The lowest BCUT2D eigenvalue weighted by Crippen LogP contribution is -2.25. The minimum Gasteiger partial charge on any atom is -0.491 e. The van der Waals surface area contributed by atoms with Crippen LogP contribution in [-0.2, 0) is 0 Å². The Morgan fingerprint density at radius 2 is 2.05 bits per heavy atom. The van der Waals surface area contributed by atoms with Crippen LogP contribution in [0.2, 0.25) is 0 Å². The minimum absolute atomic E-state index is 0.594. The van der Waals surface area contributed by atoms with Crippen molar-refractivity contribution in [1.82, 2.24) is 10.3 Å². The van der Waals surface area contributed by atoms with Gasteiger partial charge in [0.25, 0.3) is 0 Å². The van der Waals surface area contributed by atoms with Crippen molar-refractivity contribution >= 4 is 10.9 Å². The number of hydrogen-bond donors (Lipinski definition) is 1. The van der Waals surface area contributed by atoms with Crippen molar-refractivity contribution in [3.8, 4) is 5.75 Å². The predicted molar refractivity (Wildman–Crippen MR) is 89.0 cm³/mol. The van der Waals surface area contributed by atoms with Gasteiger partial charge >= 0.3 is 0 Å². The van der Waals surface area contributed by atoms with Crippen LogP contribution < -0.4 is 10.1 Å². The molecule has 1 aromatic heterocycles. The quantitative estimate of drug-likeness (QED) is 0.742. The van der Waals surface area contributed by atoms with Gasteiger partial charge in [0.15, 0.2) is 0 Å². The minimum atomic E-state index is 0.594. The third-order valence-electron chi connectivity index (χ3n) is 3.66. The molecule has 0 amide bonds.